The van der Waals surface area contributed by atoms with Gasteiger partial charge in [0.05, 0.1) is 10.6 Å². The number of carbonyl (C=O) groups is 2. The van der Waals surface area contributed by atoms with Crippen molar-refractivity contribution >= 4 is 29.3 Å². The van der Waals surface area contributed by atoms with Crippen molar-refractivity contribution in [2.45, 2.75) is 58.5 Å². The van der Waals surface area contributed by atoms with Crippen LogP contribution in [0, 0.1) is 11.8 Å². The molecule has 2 heterocycles. The summed E-state index contributed by atoms with van der Waals surface area (Å²) in [6.07, 6.45) is 5.48. The maximum Gasteiger partial charge on any atom is 0.410 e. The molecule has 1 aromatic carbocycles. The molecular weight excluding hydrogens is 402 g/mol. The summed E-state index contributed by atoms with van der Waals surface area (Å²) >= 11 is 6.21. The van der Waals surface area contributed by atoms with Gasteiger partial charge in [-0.3, -0.25) is 4.79 Å². The Morgan fingerprint density at radius 3 is 2.13 bits per heavy atom. The molecule has 3 rings (SSSR count). The van der Waals surface area contributed by atoms with Crippen LogP contribution in [-0.2, 0) is 4.74 Å². The van der Waals surface area contributed by atoms with Gasteiger partial charge in [-0.2, -0.15) is 0 Å². The van der Waals surface area contributed by atoms with E-state index in [1.807, 2.05) is 37.8 Å². The highest BCUT2D eigenvalue weighted by atomic mass is 35.5. The second kappa shape index (κ2) is 9.46. The van der Waals surface area contributed by atoms with E-state index in [9.17, 15) is 9.59 Å². The minimum absolute atomic E-state index is 0.185. The van der Waals surface area contributed by atoms with Gasteiger partial charge in [-0.05, 0) is 82.9 Å². The van der Waals surface area contributed by atoms with Gasteiger partial charge in [0.15, 0.2) is 0 Å². The number of nitrogens with zero attached hydrogens (tertiary/aromatic N) is 2. The van der Waals surface area contributed by atoms with Gasteiger partial charge in [-0.1, -0.05) is 11.6 Å². The Morgan fingerprint density at radius 1 is 1.07 bits per heavy atom. The van der Waals surface area contributed by atoms with Crippen LogP contribution < -0.4 is 10.6 Å². The van der Waals surface area contributed by atoms with Gasteiger partial charge in [-0.15, -0.1) is 0 Å². The van der Waals surface area contributed by atoms with Crippen LogP contribution in [0.25, 0.3) is 0 Å². The number of carbonyl (C=O) groups excluding carboxylic acids is 2. The topological polar surface area (TPSA) is 75.9 Å². The lowest BCUT2D eigenvalue weighted by Gasteiger charge is -2.38. The maximum absolute atomic E-state index is 12.2. The van der Waals surface area contributed by atoms with Gasteiger partial charge < -0.3 is 20.3 Å². The van der Waals surface area contributed by atoms with Crippen molar-refractivity contribution in [1.29, 1.82) is 0 Å². The molecule has 0 radical (unpaired) electrons. The van der Waals surface area contributed by atoms with E-state index in [1.54, 1.807) is 6.07 Å². The Balaban J connectivity index is 1.43. The Hall–Kier alpha value is -1.95. The highest BCUT2D eigenvalue weighted by Crippen LogP contribution is 2.33. The summed E-state index contributed by atoms with van der Waals surface area (Å²) in [6, 6.07) is 5.48. The number of primary amides is 1. The number of likely N-dealkylation sites (tertiary alicyclic amines) is 1. The first kappa shape index (κ1) is 22.7. The van der Waals surface area contributed by atoms with Crippen molar-refractivity contribution in [2.24, 2.45) is 17.6 Å². The van der Waals surface area contributed by atoms with E-state index < -0.39 is 11.5 Å². The number of benzene rings is 1. The Morgan fingerprint density at radius 2 is 1.63 bits per heavy atom. The lowest BCUT2D eigenvalue weighted by atomic mass is 9.83. The highest BCUT2D eigenvalue weighted by Gasteiger charge is 2.29. The van der Waals surface area contributed by atoms with Gasteiger partial charge in [0.1, 0.15) is 5.60 Å². The minimum Gasteiger partial charge on any atom is -0.444 e. The summed E-state index contributed by atoms with van der Waals surface area (Å²) in [5.41, 5.74) is 6.32. The zero-order valence-corrected chi connectivity index (χ0v) is 19.1. The number of piperidine rings is 2. The Labute approximate surface area is 184 Å². The van der Waals surface area contributed by atoms with Crippen molar-refractivity contribution in [3.8, 4) is 0 Å². The van der Waals surface area contributed by atoms with Gasteiger partial charge in [-0.25, -0.2) is 4.79 Å². The van der Waals surface area contributed by atoms with Crippen LogP contribution >= 0.6 is 11.6 Å². The predicted octanol–water partition coefficient (Wildman–Crippen LogP) is 4.69. The third-order valence-electron chi connectivity index (χ3n) is 6.13. The van der Waals surface area contributed by atoms with E-state index >= 15 is 0 Å². The third kappa shape index (κ3) is 6.03. The molecule has 2 aliphatic rings. The fourth-order valence-corrected chi connectivity index (χ4v) is 4.74. The van der Waals surface area contributed by atoms with Crippen molar-refractivity contribution in [3.05, 3.63) is 28.8 Å². The molecule has 1 aromatic rings. The van der Waals surface area contributed by atoms with E-state index in [2.05, 4.69) is 4.90 Å². The van der Waals surface area contributed by atoms with Crippen LogP contribution in [0.4, 0.5) is 10.5 Å². The molecular formula is C23H34ClN3O3. The molecule has 2 saturated heterocycles. The number of anilines is 1. The molecule has 0 unspecified atom stereocenters. The summed E-state index contributed by atoms with van der Waals surface area (Å²) in [7, 11) is 0. The fraction of sp³-hybridized carbons (Fsp3) is 0.652. The van der Waals surface area contributed by atoms with Gasteiger partial charge >= 0.3 is 6.09 Å². The van der Waals surface area contributed by atoms with Crippen LogP contribution in [0.15, 0.2) is 18.2 Å². The molecule has 0 atom stereocenters. The molecule has 0 bridgehead atoms. The first-order valence-electron chi connectivity index (χ1n) is 10.9. The monoisotopic (exact) mass is 435 g/mol. The molecule has 7 heteroatoms. The Bertz CT molecular complexity index is 761. The fourth-order valence-electron chi connectivity index (χ4n) is 4.48. The molecule has 0 saturated carbocycles. The van der Waals surface area contributed by atoms with Crippen LogP contribution in [-0.4, -0.2) is 48.7 Å². The summed E-state index contributed by atoms with van der Waals surface area (Å²) in [6.45, 7) is 9.30. The number of hydrogen-bond donors (Lipinski definition) is 1. The zero-order chi connectivity index (χ0) is 21.9. The molecule has 2 aliphatic heterocycles. The largest absolute Gasteiger partial charge is 0.444 e. The molecule has 2 amide bonds. The number of ether oxygens (including phenoxy) is 1. The molecule has 0 aliphatic carbocycles. The normalized spacial score (nSPS) is 19.1. The molecule has 0 spiro atoms. The standard InChI is InChI=1S/C23H34ClN3O3/c1-23(2,3)30-22(29)27-12-8-17(9-13-27)14-16-6-10-26(11-7-16)18-4-5-19(21(25)28)20(24)15-18/h4-5,15-17H,6-14H2,1-3H3,(H2,25,28). The highest BCUT2D eigenvalue weighted by molar-refractivity contribution is 6.34. The molecule has 2 N–H and O–H groups in total. The maximum atomic E-state index is 12.2. The zero-order valence-electron chi connectivity index (χ0n) is 18.3. The second-order valence-corrected chi connectivity index (χ2v) is 10.0. The minimum atomic E-state index is -0.497. The van der Waals surface area contributed by atoms with Gasteiger partial charge in [0.2, 0.25) is 5.91 Å². The smallest absolute Gasteiger partial charge is 0.410 e. The number of rotatable bonds is 4. The predicted molar refractivity (Wildman–Crippen MR) is 120 cm³/mol. The number of halogens is 1. The van der Waals surface area contributed by atoms with Crippen LogP contribution in [0.2, 0.25) is 5.02 Å². The lowest BCUT2D eigenvalue weighted by molar-refractivity contribution is 0.0174. The Kier molecular flexibility index (Phi) is 7.17. The van der Waals surface area contributed by atoms with Crippen molar-refractivity contribution in [2.75, 3.05) is 31.1 Å². The average molecular weight is 436 g/mol. The first-order valence-corrected chi connectivity index (χ1v) is 11.3. The van der Waals surface area contributed by atoms with Crippen LogP contribution in [0.5, 0.6) is 0 Å². The SMILES string of the molecule is CC(C)(C)OC(=O)N1CCC(CC2CCN(c3ccc(C(N)=O)c(Cl)c3)CC2)CC1. The summed E-state index contributed by atoms with van der Waals surface area (Å²) in [5, 5.41) is 0.416. The van der Waals surface area contributed by atoms with Crippen LogP contribution in [0.1, 0.15) is 63.2 Å². The molecule has 0 aromatic heterocycles. The van der Waals surface area contributed by atoms with Crippen LogP contribution in [0.3, 0.4) is 0 Å². The molecule has 2 fully saturated rings. The first-order chi connectivity index (χ1) is 14.1. The lowest BCUT2D eigenvalue weighted by Crippen LogP contribution is -2.42. The molecule has 30 heavy (non-hydrogen) atoms. The summed E-state index contributed by atoms with van der Waals surface area (Å²) in [4.78, 5) is 27.8. The van der Waals surface area contributed by atoms with Gasteiger partial charge in [0.25, 0.3) is 0 Å². The number of nitrogens with two attached hydrogens (primary N) is 1. The van der Waals surface area contributed by atoms with E-state index in [-0.39, 0.29) is 6.09 Å². The second-order valence-electron chi connectivity index (χ2n) is 9.61. The number of amides is 2. The average Bonchev–Trinajstić information content (AvgIpc) is 2.67. The third-order valence-corrected chi connectivity index (χ3v) is 6.44. The molecule has 6 nitrogen and oxygen atoms in total. The quantitative estimate of drug-likeness (QED) is 0.744. The number of hydrogen-bond acceptors (Lipinski definition) is 4. The van der Waals surface area contributed by atoms with E-state index in [1.165, 1.54) is 6.42 Å². The van der Waals surface area contributed by atoms with E-state index in [0.29, 0.717) is 16.5 Å². The van der Waals surface area contributed by atoms with Crippen molar-refractivity contribution < 1.29 is 14.3 Å². The van der Waals surface area contributed by atoms with Crippen molar-refractivity contribution in [3.63, 3.8) is 0 Å². The van der Waals surface area contributed by atoms with E-state index in [4.69, 9.17) is 22.1 Å². The summed E-state index contributed by atoms with van der Waals surface area (Å²) < 4.78 is 5.49. The van der Waals surface area contributed by atoms with E-state index in [0.717, 1.165) is 63.5 Å². The van der Waals surface area contributed by atoms with Gasteiger partial charge in [0, 0.05) is 31.9 Å². The molecule has 166 valence electrons. The van der Waals surface area contributed by atoms with Crippen molar-refractivity contribution in [1.82, 2.24) is 4.90 Å². The summed E-state index contributed by atoms with van der Waals surface area (Å²) in [5.74, 6) is 0.909.